The lowest BCUT2D eigenvalue weighted by atomic mass is 10.1. The molecule has 8 aromatic rings. The van der Waals surface area contributed by atoms with E-state index < -0.39 is 8.07 Å². The molecule has 0 atom stereocenters. The van der Waals surface area contributed by atoms with Gasteiger partial charge >= 0.3 is 0 Å². The lowest BCUT2D eigenvalue weighted by Crippen LogP contribution is -2.74. The van der Waals surface area contributed by atoms with Crippen molar-refractivity contribution in [3.8, 4) is 0 Å². The van der Waals surface area contributed by atoms with Crippen molar-refractivity contribution in [2.24, 2.45) is 0 Å². The number of aromatic nitrogens is 2. The first kappa shape index (κ1) is 25.8. The van der Waals surface area contributed by atoms with Gasteiger partial charge in [-0.15, -0.1) is 0 Å². The number of nitrogens with zero attached hydrogens (tertiary/aromatic N) is 2. The zero-order valence-corrected chi connectivity index (χ0v) is 25.7. The normalized spacial score (nSPS) is 12.1. The van der Waals surface area contributed by atoms with Crippen LogP contribution in [-0.2, 0) is 13.1 Å². The van der Waals surface area contributed by atoms with Crippen LogP contribution in [0.15, 0.2) is 146 Å². The van der Waals surface area contributed by atoms with Gasteiger partial charge in [0.1, 0.15) is 0 Å². The van der Waals surface area contributed by atoms with Gasteiger partial charge in [0.2, 0.25) is 0 Å². The maximum absolute atomic E-state index is 2.73. The van der Waals surface area contributed by atoms with Crippen LogP contribution >= 0.6 is 0 Å². The minimum atomic E-state index is -2.73. The van der Waals surface area contributed by atoms with E-state index >= 15 is 0 Å². The van der Waals surface area contributed by atoms with E-state index in [1.54, 1.807) is 0 Å². The summed E-state index contributed by atoms with van der Waals surface area (Å²) in [6.07, 6.45) is 0. The second kappa shape index (κ2) is 10.1. The van der Waals surface area contributed by atoms with Crippen LogP contribution in [-0.4, -0.2) is 17.2 Å². The van der Waals surface area contributed by atoms with Crippen molar-refractivity contribution in [2.75, 3.05) is 0 Å². The molecule has 0 aliphatic carbocycles. The van der Waals surface area contributed by atoms with Crippen molar-refractivity contribution in [3.63, 3.8) is 0 Å². The number of fused-ring (bicyclic) bond motifs is 6. The summed E-state index contributed by atoms with van der Waals surface area (Å²) in [4.78, 5) is 0. The highest BCUT2D eigenvalue weighted by Crippen LogP contribution is 2.31. The van der Waals surface area contributed by atoms with Gasteiger partial charge in [0.25, 0.3) is 0 Å². The molecule has 0 fully saturated rings. The van der Waals surface area contributed by atoms with E-state index in [0.717, 1.165) is 13.1 Å². The van der Waals surface area contributed by atoms with E-state index in [4.69, 9.17) is 0 Å². The molecule has 2 heterocycles. The standard InChI is InChI=1S/C40H34N2Si/c1-3-41-37-21-13-11-19-33(37)35-27-31(23-25-39(35)41)43(29-15-7-5-8-16-29,30-17-9-6-10-18-30)32-24-26-40-36(28-32)34-20-12-14-22-38(34)42(40)4-2/h5-28H,3-4H2,1-2H3. The molecule has 3 heteroatoms. The first-order chi connectivity index (χ1) is 21.3. The van der Waals surface area contributed by atoms with E-state index in [0.29, 0.717) is 0 Å². The molecule has 43 heavy (non-hydrogen) atoms. The molecular weight excluding hydrogens is 537 g/mol. The monoisotopic (exact) mass is 570 g/mol. The second-order valence-electron chi connectivity index (χ2n) is 11.5. The average Bonchev–Trinajstić information content (AvgIpc) is 3.58. The Hall–Kier alpha value is -4.86. The fourth-order valence-corrected chi connectivity index (χ4v) is 12.4. The van der Waals surface area contributed by atoms with Gasteiger partial charge in [-0.2, -0.15) is 0 Å². The summed E-state index contributed by atoms with van der Waals surface area (Å²) in [6.45, 7) is 6.38. The molecule has 0 amide bonds. The van der Waals surface area contributed by atoms with E-state index in [-0.39, 0.29) is 0 Å². The minimum absolute atomic E-state index is 0.946. The average molecular weight is 571 g/mol. The third-order valence-corrected chi connectivity index (χ3v) is 14.2. The molecule has 0 spiro atoms. The Morgan fingerprint density at radius 3 is 1.16 bits per heavy atom. The van der Waals surface area contributed by atoms with Gasteiger partial charge in [-0.1, -0.05) is 121 Å². The SMILES string of the molecule is CCn1c2ccccc2c2cc([Si](c3ccccc3)(c3ccccc3)c3ccc4c(c3)c3ccccc3n4CC)ccc21. The van der Waals surface area contributed by atoms with Crippen molar-refractivity contribution in [1.82, 2.24) is 9.13 Å². The van der Waals surface area contributed by atoms with Crippen molar-refractivity contribution < 1.29 is 0 Å². The highest BCUT2D eigenvalue weighted by Gasteiger charge is 2.42. The molecule has 2 nitrogen and oxygen atoms in total. The molecule has 208 valence electrons. The number of aryl methyl sites for hydroxylation is 2. The summed E-state index contributed by atoms with van der Waals surface area (Å²) in [6, 6.07) is 55.0. The van der Waals surface area contributed by atoms with Crippen molar-refractivity contribution in [2.45, 2.75) is 26.9 Å². The van der Waals surface area contributed by atoms with Crippen molar-refractivity contribution in [1.29, 1.82) is 0 Å². The number of benzene rings is 6. The van der Waals surface area contributed by atoms with Crippen LogP contribution < -0.4 is 20.7 Å². The fourth-order valence-electron chi connectivity index (χ4n) is 7.63. The van der Waals surface area contributed by atoms with Crippen LogP contribution in [0.1, 0.15) is 13.8 Å². The van der Waals surface area contributed by atoms with Gasteiger partial charge in [-0.25, -0.2) is 0 Å². The Kier molecular flexibility index (Phi) is 6.09. The Bertz CT molecular complexity index is 2090. The molecule has 2 aromatic heterocycles. The Labute approximate surface area is 253 Å². The van der Waals surface area contributed by atoms with E-state index in [2.05, 4.69) is 169 Å². The molecule has 0 aliphatic heterocycles. The largest absolute Gasteiger partial charge is 0.341 e. The molecule has 0 saturated heterocycles. The topological polar surface area (TPSA) is 9.86 Å². The van der Waals surface area contributed by atoms with Crippen molar-refractivity contribution in [3.05, 3.63) is 146 Å². The summed E-state index contributed by atoms with van der Waals surface area (Å²) in [5.41, 5.74) is 5.21. The Morgan fingerprint density at radius 1 is 0.372 bits per heavy atom. The molecular formula is C40H34N2Si. The minimum Gasteiger partial charge on any atom is -0.341 e. The van der Waals surface area contributed by atoms with Gasteiger partial charge in [-0.3, -0.25) is 0 Å². The van der Waals surface area contributed by atoms with Crippen LogP contribution in [0.3, 0.4) is 0 Å². The maximum Gasteiger partial charge on any atom is 0.179 e. The predicted octanol–water partition coefficient (Wildman–Crippen LogP) is 7.32. The molecule has 0 saturated carbocycles. The van der Waals surface area contributed by atoms with Crippen LogP contribution in [0.4, 0.5) is 0 Å². The molecule has 8 rings (SSSR count). The summed E-state index contributed by atoms with van der Waals surface area (Å²) < 4.78 is 4.91. The number of hydrogen-bond donors (Lipinski definition) is 0. The second-order valence-corrected chi connectivity index (χ2v) is 15.3. The lowest BCUT2D eigenvalue weighted by molar-refractivity contribution is 0.827. The van der Waals surface area contributed by atoms with Crippen molar-refractivity contribution >= 4 is 72.4 Å². The molecule has 0 aliphatic rings. The van der Waals surface area contributed by atoms with E-state index in [1.165, 1.54) is 64.4 Å². The lowest BCUT2D eigenvalue weighted by Gasteiger charge is -2.34. The summed E-state index contributed by atoms with van der Waals surface area (Å²) in [5.74, 6) is 0. The van der Waals surface area contributed by atoms with Crippen LogP contribution in [0.5, 0.6) is 0 Å². The predicted molar refractivity (Wildman–Crippen MR) is 187 cm³/mol. The Morgan fingerprint density at radius 2 is 0.744 bits per heavy atom. The maximum atomic E-state index is 2.52. The number of hydrogen-bond acceptors (Lipinski definition) is 0. The van der Waals surface area contributed by atoms with Gasteiger partial charge in [-0.05, 0) is 58.9 Å². The smallest absolute Gasteiger partial charge is 0.179 e. The zero-order valence-electron chi connectivity index (χ0n) is 24.7. The van der Waals surface area contributed by atoms with Crippen LogP contribution in [0.2, 0.25) is 0 Å². The molecule has 0 N–H and O–H groups in total. The summed E-state index contributed by atoms with van der Waals surface area (Å²) in [7, 11) is -2.73. The highest BCUT2D eigenvalue weighted by atomic mass is 28.3. The van der Waals surface area contributed by atoms with Gasteiger partial charge < -0.3 is 9.13 Å². The fraction of sp³-hybridized carbons (Fsp3) is 0.100. The van der Waals surface area contributed by atoms with E-state index in [9.17, 15) is 0 Å². The van der Waals surface area contributed by atoms with Crippen LogP contribution in [0, 0.1) is 0 Å². The number of rotatable bonds is 6. The summed E-state index contributed by atoms with van der Waals surface area (Å²) in [5, 5.41) is 10.9. The zero-order chi connectivity index (χ0) is 29.0. The first-order valence-corrected chi connectivity index (χ1v) is 17.4. The summed E-state index contributed by atoms with van der Waals surface area (Å²) >= 11 is 0. The van der Waals surface area contributed by atoms with E-state index in [1.807, 2.05) is 0 Å². The van der Waals surface area contributed by atoms with Crippen LogP contribution in [0.25, 0.3) is 43.6 Å². The molecule has 0 radical (unpaired) electrons. The highest BCUT2D eigenvalue weighted by molar-refractivity contribution is 7.20. The van der Waals surface area contributed by atoms with Gasteiger partial charge in [0.05, 0.1) is 0 Å². The molecule has 6 aromatic carbocycles. The Balaban J connectivity index is 1.53. The third-order valence-electron chi connectivity index (χ3n) is 9.46. The quantitative estimate of drug-likeness (QED) is 0.146. The van der Waals surface area contributed by atoms with Gasteiger partial charge in [0, 0.05) is 56.7 Å². The molecule has 0 unspecified atom stereocenters. The number of para-hydroxylation sites is 2. The third kappa shape index (κ3) is 3.71. The van der Waals surface area contributed by atoms with Gasteiger partial charge in [0.15, 0.2) is 8.07 Å². The molecule has 0 bridgehead atoms. The first-order valence-electron chi connectivity index (χ1n) is 15.4.